The van der Waals surface area contributed by atoms with Crippen LogP contribution in [0.25, 0.3) is 0 Å². The second-order valence-electron chi connectivity index (χ2n) is 9.20. The molecule has 0 bridgehead atoms. The summed E-state index contributed by atoms with van der Waals surface area (Å²) in [7, 11) is -4.02. The predicted octanol–water partition coefficient (Wildman–Crippen LogP) is 5.71. The molecule has 0 spiro atoms. The van der Waals surface area contributed by atoms with Crippen molar-refractivity contribution in [2.24, 2.45) is 0 Å². The van der Waals surface area contributed by atoms with Gasteiger partial charge in [0.2, 0.25) is 5.91 Å². The van der Waals surface area contributed by atoms with Gasteiger partial charge in [-0.05, 0) is 75.1 Å². The second-order valence-corrected chi connectivity index (χ2v) is 11.5. The molecule has 36 heavy (non-hydrogen) atoms. The first-order valence-corrected chi connectivity index (χ1v) is 14.1. The van der Waals surface area contributed by atoms with Crippen LogP contribution in [0.5, 0.6) is 0 Å². The maximum absolute atomic E-state index is 13.6. The lowest BCUT2D eigenvalue weighted by molar-refractivity contribution is -0.120. The van der Waals surface area contributed by atoms with Gasteiger partial charge < -0.3 is 10.2 Å². The highest BCUT2D eigenvalue weighted by atomic mass is 35.5. The number of para-hydroxylation sites is 1. The van der Waals surface area contributed by atoms with E-state index in [4.69, 9.17) is 11.6 Å². The molecule has 0 saturated carbocycles. The Hall–Kier alpha value is -3.03. The van der Waals surface area contributed by atoms with Gasteiger partial charge in [-0.15, -0.1) is 0 Å². The third-order valence-corrected chi connectivity index (χ3v) is 8.60. The van der Waals surface area contributed by atoms with Crippen LogP contribution in [0.4, 0.5) is 11.4 Å². The number of carbonyl (C=O) groups is 1. The molecule has 0 aliphatic carbocycles. The molecule has 6 nitrogen and oxygen atoms in total. The molecular weight excluding hydrogens is 494 g/mol. The molecule has 1 amide bonds. The fourth-order valence-corrected chi connectivity index (χ4v) is 6.15. The lowest BCUT2D eigenvalue weighted by atomic mass is 10.1. The average Bonchev–Trinajstić information content (AvgIpc) is 2.88. The largest absolute Gasteiger partial charge is 0.372 e. The molecule has 1 heterocycles. The number of hydrogen-bond acceptors (Lipinski definition) is 4. The van der Waals surface area contributed by atoms with E-state index in [0.29, 0.717) is 0 Å². The minimum Gasteiger partial charge on any atom is -0.372 e. The predicted molar refractivity (Wildman–Crippen MR) is 146 cm³/mol. The fraction of sp³-hybridized carbons (Fsp3) is 0.321. The summed E-state index contributed by atoms with van der Waals surface area (Å²) in [5.41, 5.74) is 3.34. The molecule has 0 aromatic heterocycles. The van der Waals surface area contributed by atoms with Crippen molar-refractivity contribution >= 4 is 38.9 Å². The summed E-state index contributed by atoms with van der Waals surface area (Å²) < 4.78 is 28.2. The molecule has 1 aliphatic heterocycles. The minimum absolute atomic E-state index is 0.0992. The van der Waals surface area contributed by atoms with Crippen LogP contribution in [-0.4, -0.2) is 34.0 Å². The third-order valence-electron chi connectivity index (χ3n) is 6.51. The summed E-state index contributed by atoms with van der Waals surface area (Å²) in [5.74, 6) is -0.418. The highest BCUT2D eigenvalue weighted by Crippen LogP contribution is 2.30. The molecule has 4 rings (SSSR count). The van der Waals surface area contributed by atoms with E-state index in [0.717, 1.165) is 28.5 Å². The van der Waals surface area contributed by atoms with Crippen LogP contribution in [0.2, 0.25) is 5.02 Å². The summed E-state index contributed by atoms with van der Waals surface area (Å²) in [5, 5.41) is 3.20. The zero-order chi connectivity index (χ0) is 25.7. The molecule has 3 aromatic rings. The monoisotopic (exact) mass is 525 g/mol. The van der Waals surface area contributed by atoms with E-state index in [-0.39, 0.29) is 21.6 Å². The molecule has 3 aromatic carbocycles. The van der Waals surface area contributed by atoms with Crippen molar-refractivity contribution < 1.29 is 13.2 Å². The topological polar surface area (TPSA) is 69.7 Å². The normalized spacial score (nSPS) is 14.8. The summed E-state index contributed by atoms with van der Waals surface area (Å²) >= 11 is 6.36. The van der Waals surface area contributed by atoms with Gasteiger partial charge in [0.05, 0.1) is 21.6 Å². The highest BCUT2D eigenvalue weighted by molar-refractivity contribution is 7.92. The number of piperidine rings is 1. The van der Waals surface area contributed by atoms with Crippen molar-refractivity contribution in [3.8, 4) is 0 Å². The van der Waals surface area contributed by atoms with Gasteiger partial charge in [0.15, 0.2) is 0 Å². The molecule has 190 valence electrons. The van der Waals surface area contributed by atoms with Gasteiger partial charge in [0, 0.05) is 18.8 Å². The Morgan fingerprint density at radius 3 is 2.25 bits per heavy atom. The Morgan fingerprint density at radius 1 is 0.972 bits per heavy atom. The van der Waals surface area contributed by atoms with E-state index in [9.17, 15) is 13.2 Å². The van der Waals surface area contributed by atoms with Crippen LogP contribution in [-0.2, 0) is 14.8 Å². The van der Waals surface area contributed by atoms with Gasteiger partial charge in [0.25, 0.3) is 10.0 Å². The van der Waals surface area contributed by atoms with E-state index in [2.05, 4.69) is 22.3 Å². The molecule has 1 N–H and O–H groups in total. The standard InChI is InChI=1S/C28H32ClN3O3S/c1-21-10-16-25(17-11-21)36(34,35)32(27-9-5-4-8-26(27)29)20-28(33)30-22(2)23-12-14-24(15-13-23)31-18-6-3-7-19-31/h4-5,8-17,22H,3,6-7,18-20H2,1-2H3,(H,30,33). The number of anilines is 2. The summed E-state index contributed by atoms with van der Waals surface area (Å²) in [6.45, 7) is 5.52. The van der Waals surface area contributed by atoms with Crippen LogP contribution in [0.3, 0.4) is 0 Å². The summed E-state index contributed by atoms with van der Waals surface area (Å²) in [6.07, 6.45) is 3.70. The van der Waals surface area contributed by atoms with Crippen molar-refractivity contribution in [3.63, 3.8) is 0 Å². The maximum Gasteiger partial charge on any atom is 0.264 e. The number of sulfonamides is 1. The average molecular weight is 526 g/mol. The van der Waals surface area contributed by atoms with Crippen LogP contribution < -0.4 is 14.5 Å². The van der Waals surface area contributed by atoms with Crippen LogP contribution in [0.1, 0.15) is 43.4 Å². The van der Waals surface area contributed by atoms with Crippen molar-refractivity contribution in [2.45, 2.75) is 44.0 Å². The number of benzene rings is 3. The SMILES string of the molecule is Cc1ccc(S(=O)(=O)N(CC(=O)NC(C)c2ccc(N3CCCCC3)cc2)c2ccccc2Cl)cc1. The van der Waals surface area contributed by atoms with Crippen molar-refractivity contribution in [2.75, 3.05) is 28.8 Å². The summed E-state index contributed by atoms with van der Waals surface area (Å²) in [4.78, 5) is 15.6. The number of halogens is 1. The Labute approximate surface area is 218 Å². The van der Waals surface area contributed by atoms with Crippen LogP contribution in [0.15, 0.2) is 77.7 Å². The van der Waals surface area contributed by atoms with E-state index in [1.165, 1.54) is 24.9 Å². The molecule has 1 saturated heterocycles. The van der Waals surface area contributed by atoms with Crippen molar-refractivity contribution in [3.05, 3.63) is 88.9 Å². The Kier molecular flexibility index (Phi) is 8.21. The smallest absolute Gasteiger partial charge is 0.264 e. The lowest BCUT2D eigenvalue weighted by Gasteiger charge is -2.29. The minimum atomic E-state index is -4.02. The number of aryl methyl sites for hydroxylation is 1. The van der Waals surface area contributed by atoms with Gasteiger partial charge in [-0.1, -0.05) is 53.6 Å². The molecule has 1 fully saturated rings. The van der Waals surface area contributed by atoms with E-state index in [1.54, 1.807) is 48.5 Å². The fourth-order valence-electron chi connectivity index (χ4n) is 4.42. The first kappa shape index (κ1) is 26.0. The van der Waals surface area contributed by atoms with Crippen LogP contribution in [0, 0.1) is 6.92 Å². The van der Waals surface area contributed by atoms with Gasteiger partial charge in [0.1, 0.15) is 6.54 Å². The van der Waals surface area contributed by atoms with E-state index >= 15 is 0 Å². The van der Waals surface area contributed by atoms with Crippen LogP contribution >= 0.6 is 11.6 Å². The zero-order valence-corrected chi connectivity index (χ0v) is 22.2. The number of hydrogen-bond donors (Lipinski definition) is 1. The van der Waals surface area contributed by atoms with Gasteiger partial charge >= 0.3 is 0 Å². The number of carbonyl (C=O) groups excluding carboxylic acids is 1. The number of nitrogens with zero attached hydrogens (tertiary/aromatic N) is 2. The molecule has 8 heteroatoms. The lowest BCUT2D eigenvalue weighted by Crippen LogP contribution is -2.41. The van der Waals surface area contributed by atoms with E-state index < -0.39 is 22.5 Å². The Balaban J connectivity index is 1.51. The zero-order valence-electron chi connectivity index (χ0n) is 20.7. The van der Waals surface area contributed by atoms with E-state index in [1.807, 2.05) is 26.0 Å². The van der Waals surface area contributed by atoms with Gasteiger partial charge in [-0.2, -0.15) is 0 Å². The summed E-state index contributed by atoms with van der Waals surface area (Å²) in [6, 6.07) is 21.1. The first-order valence-electron chi connectivity index (χ1n) is 12.2. The molecule has 1 unspecified atom stereocenters. The first-order chi connectivity index (χ1) is 17.3. The van der Waals surface area contributed by atoms with Gasteiger partial charge in [-0.3, -0.25) is 9.10 Å². The van der Waals surface area contributed by atoms with Gasteiger partial charge in [-0.25, -0.2) is 8.42 Å². The number of rotatable bonds is 8. The third kappa shape index (κ3) is 6.02. The van der Waals surface area contributed by atoms with Crippen molar-refractivity contribution in [1.29, 1.82) is 0 Å². The Bertz CT molecular complexity index is 1290. The maximum atomic E-state index is 13.6. The molecular formula is C28H32ClN3O3S. The molecule has 1 atom stereocenters. The Morgan fingerprint density at radius 2 is 1.61 bits per heavy atom. The molecule has 0 radical (unpaired) electrons. The molecule has 1 aliphatic rings. The number of amides is 1. The number of nitrogens with one attached hydrogen (secondary N) is 1. The quantitative estimate of drug-likeness (QED) is 0.409. The van der Waals surface area contributed by atoms with Crippen molar-refractivity contribution in [1.82, 2.24) is 5.32 Å². The second kappa shape index (κ2) is 11.4. The highest BCUT2D eigenvalue weighted by Gasteiger charge is 2.29.